The van der Waals surface area contributed by atoms with Gasteiger partial charge in [0.15, 0.2) is 0 Å². The maximum atomic E-state index is 12.3. The summed E-state index contributed by atoms with van der Waals surface area (Å²) in [5, 5.41) is 16.3. The summed E-state index contributed by atoms with van der Waals surface area (Å²) in [4.78, 5) is 12.3. The predicted molar refractivity (Wildman–Crippen MR) is 82.0 cm³/mol. The molecule has 4 heteroatoms. The van der Waals surface area contributed by atoms with Crippen LogP contribution in [-0.4, -0.2) is 29.7 Å². The Labute approximate surface area is 125 Å². The molecule has 0 saturated heterocycles. The highest BCUT2D eigenvalue weighted by atomic mass is 16.3. The Balaban J connectivity index is 1.65. The minimum absolute atomic E-state index is 0.0351. The van der Waals surface area contributed by atoms with Gasteiger partial charge in [0.1, 0.15) is 0 Å². The Hall–Kier alpha value is -1.39. The zero-order valence-corrected chi connectivity index (χ0v) is 12.4. The number of rotatable bonds is 3. The van der Waals surface area contributed by atoms with E-state index in [1.807, 2.05) is 6.07 Å². The maximum absolute atomic E-state index is 12.3. The van der Waals surface area contributed by atoms with Gasteiger partial charge in [-0.2, -0.15) is 0 Å². The first-order valence-corrected chi connectivity index (χ1v) is 8.02. The second-order valence-electron chi connectivity index (χ2n) is 6.18. The molecule has 1 aliphatic carbocycles. The molecule has 21 heavy (non-hydrogen) atoms. The average Bonchev–Trinajstić information content (AvgIpc) is 2.50. The van der Waals surface area contributed by atoms with Crippen LogP contribution in [0.3, 0.4) is 0 Å². The monoisotopic (exact) mass is 288 g/mol. The lowest BCUT2D eigenvalue weighted by molar-refractivity contribution is -0.122. The highest BCUT2D eigenvalue weighted by molar-refractivity contribution is 5.79. The molecule has 2 atom stereocenters. The standard InChI is InChI=1S/C17H24N2O2/c20-16-7-2-1-6-15(16)19-17(21)10-12-4-3-5-13-11-18-9-8-14(12)13/h3-5,15-16,18,20H,1-2,6-11H2,(H,19,21)/t15-,16-/m1/s1. The summed E-state index contributed by atoms with van der Waals surface area (Å²) < 4.78 is 0. The van der Waals surface area contributed by atoms with Crippen LogP contribution in [0.4, 0.5) is 0 Å². The van der Waals surface area contributed by atoms with Gasteiger partial charge in [-0.3, -0.25) is 4.79 Å². The number of amides is 1. The molecule has 0 radical (unpaired) electrons. The molecule has 1 aromatic rings. The highest BCUT2D eigenvalue weighted by Gasteiger charge is 2.24. The Morgan fingerprint density at radius 2 is 2.19 bits per heavy atom. The van der Waals surface area contributed by atoms with Crippen molar-refractivity contribution in [1.29, 1.82) is 0 Å². The van der Waals surface area contributed by atoms with Gasteiger partial charge in [-0.1, -0.05) is 31.0 Å². The van der Waals surface area contributed by atoms with E-state index in [1.54, 1.807) is 0 Å². The Bertz CT molecular complexity index is 516. The van der Waals surface area contributed by atoms with E-state index < -0.39 is 0 Å². The first-order valence-electron chi connectivity index (χ1n) is 8.02. The summed E-state index contributed by atoms with van der Waals surface area (Å²) in [5.74, 6) is 0.0351. The van der Waals surface area contributed by atoms with Crippen molar-refractivity contribution in [3.05, 3.63) is 34.9 Å². The SMILES string of the molecule is O=C(Cc1cccc2c1CCNC2)N[C@@H]1CCCC[C@H]1O. The van der Waals surface area contributed by atoms with E-state index in [0.717, 1.165) is 50.8 Å². The van der Waals surface area contributed by atoms with Crippen molar-refractivity contribution in [2.24, 2.45) is 0 Å². The summed E-state index contributed by atoms with van der Waals surface area (Å²) in [5.41, 5.74) is 3.77. The van der Waals surface area contributed by atoms with Crippen molar-refractivity contribution in [3.8, 4) is 0 Å². The van der Waals surface area contributed by atoms with Crippen LogP contribution >= 0.6 is 0 Å². The Kier molecular flexibility index (Phi) is 4.56. The number of carbonyl (C=O) groups is 1. The lowest BCUT2D eigenvalue weighted by Gasteiger charge is -2.28. The van der Waals surface area contributed by atoms with Gasteiger partial charge in [0.2, 0.25) is 5.91 Å². The molecule has 3 rings (SSSR count). The van der Waals surface area contributed by atoms with Gasteiger partial charge in [0.25, 0.3) is 0 Å². The molecule has 0 unspecified atom stereocenters. The van der Waals surface area contributed by atoms with Gasteiger partial charge in [0.05, 0.1) is 18.6 Å². The number of aliphatic hydroxyl groups is 1. The molecular formula is C17H24N2O2. The minimum Gasteiger partial charge on any atom is -0.391 e. The third-order valence-corrected chi connectivity index (χ3v) is 4.66. The molecular weight excluding hydrogens is 264 g/mol. The fourth-order valence-corrected chi connectivity index (χ4v) is 3.49. The zero-order valence-electron chi connectivity index (χ0n) is 12.4. The van der Waals surface area contributed by atoms with Crippen LogP contribution in [0.15, 0.2) is 18.2 Å². The van der Waals surface area contributed by atoms with Gasteiger partial charge in [-0.25, -0.2) is 0 Å². The number of hydrogen-bond acceptors (Lipinski definition) is 3. The summed E-state index contributed by atoms with van der Waals surface area (Å²) in [6, 6.07) is 6.16. The lowest BCUT2D eigenvalue weighted by Crippen LogP contribution is -2.45. The molecule has 1 aromatic carbocycles. The smallest absolute Gasteiger partial charge is 0.224 e. The molecule has 0 aromatic heterocycles. The molecule has 2 aliphatic rings. The average molecular weight is 288 g/mol. The second kappa shape index (κ2) is 6.58. The van der Waals surface area contributed by atoms with Crippen LogP contribution in [0.25, 0.3) is 0 Å². The van der Waals surface area contributed by atoms with E-state index in [0.29, 0.717) is 6.42 Å². The molecule has 1 heterocycles. The van der Waals surface area contributed by atoms with Crippen LogP contribution < -0.4 is 10.6 Å². The lowest BCUT2D eigenvalue weighted by atomic mass is 9.91. The number of aliphatic hydroxyl groups excluding tert-OH is 1. The van der Waals surface area contributed by atoms with Crippen molar-refractivity contribution >= 4 is 5.91 Å². The highest BCUT2D eigenvalue weighted by Crippen LogP contribution is 2.21. The summed E-state index contributed by atoms with van der Waals surface area (Å²) in [6.07, 6.45) is 4.89. The number of hydrogen-bond donors (Lipinski definition) is 3. The van der Waals surface area contributed by atoms with E-state index in [2.05, 4.69) is 22.8 Å². The molecule has 3 N–H and O–H groups in total. The third-order valence-electron chi connectivity index (χ3n) is 4.66. The van der Waals surface area contributed by atoms with Gasteiger partial charge < -0.3 is 15.7 Å². The Morgan fingerprint density at radius 1 is 1.33 bits per heavy atom. The van der Waals surface area contributed by atoms with Crippen LogP contribution in [0, 0.1) is 0 Å². The van der Waals surface area contributed by atoms with Gasteiger partial charge in [0, 0.05) is 6.54 Å². The van der Waals surface area contributed by atoms with Gasteiger partial charge in [-0.15, -0.1) is 0 Å². The third kappa shape index (κ3) is 3.44. The van der Waals surface area contributed by atoms with Crippen molar-refractivity contribution in [2.75, 3.05) is 6.54 Å². The predicted octanol–water partition coefficient (Wildman–Crippen LogP) is 1.29. The molecule has 1 saturated carbocycles. The quantitative estimate of drug-likeness (QED) is 0.785. The van der Waals surface area contributed by atoms with Crippen molar-refractivity contribution < 1.29 is 9.90 Å². The fourth-order valence-electron chi connectivity index (χ4n) is 3.49. The van der Waals surface area contributed by atoms with E-state index in [9.17, 15) is 9.90 Å². The van der Waals surface area contributed by atoms with Crippen molar-refractivity contribution in [2.45, 2.75) is 57.2 Å². The maximum Gasteiger partial charge on any atom is 0.224 e. The molecule has 114 valence electrons. The summed E-state index contributed by atoms with van der Waals surface area (Å²) in [6.45, 7) is 1.87. The van der Waals surface area contributed by atoms with Gasteiger partial charge in [-0.05, 0) is 42.5 Å². The number of benzene rings is 1. The number of nitrogens with one attached hydrogen (secondary N) is 2. The zero-order chi connectivity index (χ0) is 14.7. The van der Waals surface area contributed by atoms with E-state index in [1.165, 1.54) is 11.1 Å². The van der Waals surface area contributed by atoms with Crippen molar-refractivity contribution in [1.82, 2.24) is 10.6 Å². The molecule has 1 fully saturated rings. The van der Waals surface area contributed by atoms with Crippen molar-refractivity contribution in [3.63, 3.8) is 0 Å². The van der Waals surface area contributed by atoms with E-state index >= 15 is 0 Å². The summed E-state index contributed by atoms with van der Waals surface area (Å²) >= 11 is 0. The minimum atomic E-state index is -0.378. The first kappa shape index (κ1) is 14.5. The van der Waals surface area contributed by atoms with Crippen LogP contribution in [0.2, 0.25) is 0 Å². The molecule has 0 spiro atoms. The molecule has 0 bridgehead atoms. The topological polar surface area (TPSA) is 61.4 Å². The molecule has 1 aliphatic heterocycles. The first-order chi connectivity index (χ1) is 10.2. The van der Waals surface area contributed by atoms with Crippen LogP contribution in [-0.2, 0) is 24.2 Å². The van der Waals surface area contributed by atoms with Crippen LogP contribution in [0.1, 0.15) is 42.4 Å². The normalized spacial score (nSPS) is 25.2. The number of fused-ring (bicyclic) bond motifs is 1. The van der Waals surface area contributed by atoms with E-state index in [4.69, 9.17) is 0 Å². The van der Waals surface area contributed by atoms with Crippen LogP contribution in [0.5, 0.6) is 0 Å². The fraction of sp³-hybridized carbons (Fsp3) is 0.588. The number of carbonyl (C=O) groups excluding carboxylic acids is 1. The van der Waals surface area contributed by atoms with E-state index in [-0.39, 0.29) is 18.1 Å². The van der Waals surface area contributed by atoms with Gasteiger partial charge >= 0.3 is 0 Å². The molecule has 1 amide bonds. The second-order valence-corrected chi connectivity index (χ2v) is 6.18. The Morgan fingerprint density at radius 3 is 3.05 bits per heavy atom. The summed E-state index contributed by atoms with van der Waals surface area (Å²) in [7, 11) is 0. The largest absolute Gasteiger partial charge is 0.391 e. The molecule has 4 nitrogen and oxygen atoms in total.